The molecule has 1 unspecified atom stereocenters. The van der Waals surface area contributed by atoms with Crippen LogP contribution in [0.3, 0.4) is 0 Å². The molecule has 2 N–H and O–H groups in total. The molecule has 0 spiro atoms. The van der Waals surface area contributed by atoms with Crippen molar-refractivity contribution < 1.29 is 4.74 Å². The molecule has 1 fully saturated rings. The van der Waals surface area contributed by atoms with Gasteiger partial charge < -0.3 is 20.3 Å². The Balaban J connectivity index is 0.00000240. The molecule has 1 atom stereocenters. The lowest BCUT2D eigenvalue weighted by molar-refractivity contribution is 0.357. The Labute approximate surface area is 189 Å². The lowest BCUT2D eigenvalue weighted by atomic mass is 10.1. The van der Waals surface area contributed by atoms with Gasteiger partial charge in [-0.2, -0.15) is 5.10 Å². The summed E-state index contributed by atoms with van der Waals surface area (Å²) in [5.41, 5.74) is 3.86. The van der Waals surface area contributed by atoms with Crippen molar-refractivity contribution in [1.82, 2.24) is 20.4 Å². The van der Waals surface area contributed by atoms with Gasteiger partial charge in [0.2, 0.25) is 0 Å². The van der Waals surface area contributed by atoms with Gasteiger partial charge >= 0.3 is 0 Å². The average Bonchev–Trinajstić information content (AvgIpc) is 3.36. The Morgan fingerprint density at radius 3 is 3.07 bits per heavy atom. The summed E-state index contributed by atoms with van der Waals surface area (Å²) >= 11 is 0. The zero-order valence-electron chi connectivity index (χ0n) is 17.2. The Morgan fingerprint density at radius 2 is 2.28 bits per heavy atom. The molecule has 0 saturated carbocycles. The van der Waals surface area contributed by atoms with Gasteiger partial charge in [0, 0.05) is 52.4 Å². The third-order valence-electron chi connectivity index (χ3n) is 5.50. The second-order valence-electron chi connectivity index (χ2n) is 7.59. The van der Waals surface area contributed by atoms with E-state index < -0.39 is 0 Å². The molecule has 1 aromatic carbocycles. The lowest BCUT2D eigenvalue weighted by Crippen LogP contribution is -2.51. The number of aliphatic imine (C=N–C) groups is 1. The number of halogens is 1. The van der Waals surface area contributed by atoms with Gasteiger partial charge in [0.05, 0.1) is 18.5 Å². The zero-order valence-corrected chi connectivity index (χ0v) is 19.6. The third-order valence-corrected chi connectivity index (χ3v) is 5.50. The van der Waals surface area contributed by atoms with Crippen molar-refractivity contribution in [3.8, 4) is 5.75 Å². The van der Waals surface area contributed by atoms with Crippen LogP contribution in [-0.4, -0.2) is 55.1 Å². The molecular weight excluding hydrogens is 479 g/mol. The van der Waals surface area contributed by atoms with Crippen LogP contribution in [0, 0.1) is 0 Å². The standard InChI is InChI=1S/C21H30N6O.HI/c1-22-21(23-9-7-16-5-6-20-17(12-16)8-11-28-20)25-18-4-3-10-27(14-18)19-13-24-26(2)15-19;/h5-6,12-13,15,18H,3-4,7-11,14H2,1-2H3,(H2,22,23,25);1H. The Bertz CT molecular complexity index is 836. The van der Waals surface area contributed by atoms with E-state index in [1.54, 1.807) is 0 Å². The molecule has 29 heavy (non-hydrogen) atoms. The topological polar surface area (TPSA) is 66.7 Å². The van der Waals surface area contributed by atoms with Crippen LogP contribution in [0.25, 0.3) is 0 Å². The third kappa shape index (κ3) is 5.55. The molecule has 8 heteroatoms. The molecule has 0 amide bonds. The maximum absolute atomic E-state index is 5.59. The van der Waals surface area contributed by atoms with Gasteiger partial charge in [0.15, 0.2) is 5.96 Å². The van der Waals surface area contributed by atoms with Gasteiger partial charge in [-0.1, -0.05) is 12.1 Å². The summed E-state index contributed by atoms with van der Waals surface area (Å²) in [4.78, 5) is 6.81. The summed E-state index contributed by atoms with van der Waals surface area (Å²) in [5, 5.41) is 11.3. The maximum Gasteiger partial charge on any atom is 0.191 e. The van der Waals surface area contributed by atoms with Gasteiger partial charge in [-0.25, -0.2) is 0 Å². The van der Waals surface area contributed by atoms with E-state index in [-0.39, 0.29) is 24.0 Å². The number of nitrogens with zero attached hydrogens (tertiary/aromatic N) is 4. The molecule has 1 saturated heterocycles. The average molecular weight is 510 g/mol. The fourth-order valence-electron chi connectivity index (χ4n) is 4.01. The summed E-state index contributed by atoms with van der Waals surface area (Å²) in [6, 6.07) is 6.92. The molecule has 2 aromatic rings. The Morgan fingerprint density at radius 1 is 1.38 bits per heavy atom. The van der Waals surface area contributed by atoms with E-state index >= 15 is 0 Å². The van der Waals surface area contributed by atoms with Crippen LogP contribution in [-0.2, 0) is 19.9 Å². The maximum atomic E-state index is 5.59. The highest BCUT2D eigenvalue weighted by molar-refractivity contribution is 14.0. The number of guanidine groups is 1. The zero-order chi connectivity index (χ0) is 19.3. The number of fused-ring (bicyclic) bond motifs is 1. The van der Waals surface area contributed by atoms with Crippen LogP contribution >= 0.6 is 24.0 Å². The highest BCUT2D eigenvalue weighted by Gasteiger charge is 2.21. The van der Waals surface area contributed by atoms with Crippen LogP contribution in [0.5, 0.6) is 5.75 Å². The second kappa shape index (κ2) is 10.2. The predicted molar refractivity (Wildman–Crippen MR) is 128 cm³/mol. The van der Waals surface area contributed by atoms with E-state index in [2.05, 4.69) is 50.0 Å². The molecule has 0 bridgehead atoms. The van der Waals surface area contributed by atoms with Crippen LogP contribution in [0.1, 0.15) is 24.0 Å². The van der Waals surface area contributed by atoms with E-state index in [1.165, 1.54) is 23.2 Å². The fraction of sp³-hybridized carbons (Fsp3) is 0.524. The van der Waals surface area contributed by atoms with E-state index in [0.717, 1.165) is 57.2 Å². The number of rotatable bonds is 5. The number of aromatic nitrogens is 2. The first kappa shape index (κ1) is 21.7. The summed E-state index contributed by atoms with van der Waals surface area (Å²) in [7, 11) is 3.80. The first-order valence-corrected chi connectivity index (χ1v) is 10.2. The smallest absolute Gasteiger partial charge is 0.191 e. The molecule has 2 aliphatic rings. The molecular formula is C21H31IN6O. The van der Waals surface area contributed by atoms with Crippen LogP contribution in [0.15, 0.2) is 35.6 Å². The summed E-state index contributed by atoms with van der Waals surface area (Å²) in [6.07, 6.45) is 8.34. The molecule has 0 aliphatic carbocycles. The summed E-state index contributed by atoms with van der Waals surface area (Å²) in [5.74, 6) is 1.92. The molecule has 158 valence electrons. The van der Waals surface area contributed by atoms with E-state index in [0.29, 0.717) is 6.04 Å². The molecule has 4 rings (SSSR count). The number of ether oxygens (including phenoxy) is 1. The van der Waals surface area contributed by atoms with Crippen LogP contribution in [0.2, 0.25) is 0 Å². The minimum Gasteiger partial charge on any atom is -0.493 e. The van der Waals surface area contributed by atoms with Crippen molar-refractivity contribution in [2.45, 2.75) is 31.7 Å². The number of nitrogens with one attached hydrogen (secondary N) is 2. The van der Waals surface area contributed by atoms with Gasteiger partial charge in [-0.05, 0) is 36.5 Å². The highest BCUT2D eigenvalue weighted by atomic mass is 127. The first-order chi connectivity index (χ1) is 13.7. The summed E-state index contributed by atoms with van der Waals surface area (Å²) < 4.78 is 7.45. The number of aryl methyl sites for hydroxylation is 1. The number of anilines is 1. The quantitative estimate of drug-likeness (QED) is 0.368. The van der Waals surface area contributed by atoms with E-state index in [9.17, 15) is 0 Å². The van der Waals surface area contributed by atoms with Gasteiger partial charge in [0.25, 0.3) is 0 Å². The SMILES string of the molecule is CN=C(NCCc1ccc2c(c1)CCO2)NC1CCCN(c2cnn(C)c2)C1.I. The Kier molecular flexibility index (Phi) is 7.63. The van der Waals surface area contributed by atoms with Crippen molar-refractivity contribution in [3.63, 3.8) is 0 Å². The number of hydrogen-bond donors (Lipinski definition) is 2. The van der Waals surface area contributed by atoms with Gasteiger partial charge in [0.1, 0.15) is 5.75 Å². The predicted octanol–water partition coefficient (Wildman–Crippen LogP) is 2.35. The summed E-state index contributed by atoms with van der Waals surface area (Å²) in [6.45, 7) is 3.72. The van der Waals surface area contributed by atoms with Crippen molar-refractivity contribution in [3.05, 3.63) is 41.7 Å². The molecule has 3 heterocycles. The molecule has 2 aliphatic heterocycles. The lowest BCUT2D eigenvalue weighted by Gasteiger charge is -2.34. The molecule has 0 radical (unpaired) electrons. The van der Waals surface area contributed by atoms with E-state index in [4.69, 9.17) is 4.74 Å². The van der Waals surface area contributed by atoms with Crippen LogP contribution < -0.4 is 20.3 Å². The minimum atomic E-state index is 0. The molecule has 1 aromatic heterocycles. The van der Waals surface area contributed by atoms with Crippen molar-refractivity contribution in [1.29, 1.82) is 0 Å². The fourth-order valence-corrected chi connectivity index (χ4v) is 4.01. The monoisotopic (exact) mass is 510 g/mol. The van der Waals surface area contributed by atoms with E-state index in [1.807, 2.05) is 25.0 Å². The molecule has 7 nitrogen and oxygen atoms in total. The highest BCUT2D eigenvalue weighted by Crippen LogP contribution is 2.25. The number of benzene rings is 1. The minimum absolute atomic E-state index is 0. The second-order valence-corrected chi connectivity index (χ2v) is 7.59. The largest absolute Gasteiger partial charge is 0.493 e. The van der Waals surface area contributed by atoms with Gasteiger partial charge in [-0.15, -0.1) is 24.0 Å². The van der Waals surface area contributed by atoms with Gasteiger partial charge in [-0.3, -0.25) is 9.67 Å². The Hall–Kier alpha value is -1.97. The van der Waals surface area contributed by atoms with Crippen LogP contribution in [0.4, 0.5) is 5.69 Å². The number of piperidine rings is 1. The van der Waals surface area contributed by atoms with Crippen molar-refractivity contribution >= 4 is 35.6 Å². The normalized spacial score (nSPS) is 18.6. The van der Waals surface area contributed by atoms with Crippen molar-refractivity contribution in [2.24, 2.45) is 12.0 Å². The van der Waals surface area contributed by atoms with Crippen molar-refractivity contribution in [2.75, 3.05) is 38.2 Å². The number of hydrogen-bond acceptors (Lipinski definition) is 4. The first-order valence-electron chi connectivity index (χ1n) is 10.2.